The summed E-state index contributed by atoms with van der Waals surface area (Å²) in [5, 5.41) is 4.59. The van der Waals surface area contributed by atoms with E-state index >= 15 is 0 Å². The molecule has 36 heavy (non-hydrogen) atoms. The van der Waals surface area contributed by atoms with Crippen molar-refractivity contribution in [3.63, 3.8) is 0 Å². The van der Waals surface area contributed by atoms with Crippen molar-refractivity contribution in [1.29, 1.82) is 0 Å². The Kier molecular flexibility index (Phi) is 12.2. The number of benzene rings is 3. The summed E-state index contributed by atoms with van der Waals surface area (Å²) in [4.78, 5) is 0. The number of unbranched alkanes of at least 4 members (excludes halogenated alkanes) is 11. The number of hydrogen-bond donors (Lipinski definition) is 0. The molecule has 0 saturated carbocycles. The molecule has 0 aliphatic rings. The van der Waals surface area contributed by atoms with E-state index in [2.05, 4.69) is 100 Å². The van der Waals surface area contributed by atoms with E-state index in [-0.39, 0.29) is 0 Å². The summed E-state index contributed by atoms with van der Waals surface area (Å²) in [5.74, 6) is 0. The lowest BCUT2D eigenvalue weighted by atomic mass is 10.1. The fraction of sp³-hybridized carbons (Fsp3) is 0.486. The van der Waals surface area contributed by atoms with E-state index in [4.69, 9.17) is 0 Å². The van der Waals surface area contributed by atoms with Gasteiger partial charge in [-0.3, -0.25) is 0 Å². The van der Waals surface area contributed by atoms with Crippen LogP contribution in [0.3, 0.4) is 0 Å². The van der Waals surface area contributed by atoms with E-state index in [1.807, 2.05) is 0 Å². The zero-order valence-corrected chi connectivity index (χ0v) is 24.5. The molecule has 1 heteroatoms. The van der Waals surface area contributed by atoms with E-state index in [1.54, 1.807) is 0 Å². The van der Waals surface area contributed by atoms with Crippen LogP contribution in [0.4, 0.5) is 0 Å². The normalized spacial score (nSPS) is 11.7. The average Bonchev–Trinajstić information content (AvgIpc) is 2.89. The lowest BCUT2D eigenvalue weighted by Crippen LogP contribution is -2.33. The lowest BCUT2D eigenvalue weighted by molar-refractivity contribution is 0.548. The van der Waals surface area contributed by atoms with E-state index in [1.165, 1.54) is 116 Å². The van der Waals surface area contributed by atoms with Crippen molar-refractivity contribution >= 4 is 23.2 Å². The monoisotopic (exact) mass is 501 g/mol. The molecule has 0 N–H and O–H groups in total. The van der Waals surface area contributed by atoms with Crippen molar-refractivity contribution in [3.05, 3.63) is 89.5 Å². The lowest BCUT2D eigenvalue weighted by Gasteiger charge is -2.28. The maximum Gasteiger partial charge on any atom is 0.112 e. The second-order valence-corrected chi connectivity index (χ2v) is 14.5. The van der Waals surface area contributed by atoms with Gasteiger partial charge in [-0.1, -0.05) is 124 Å². The Bertz CT molecular complexity index is 871. The molecule has 0 fully saturated rings. The van der Waals surface area contributed by atoms with Gasteiger partial charge in [0.05, 0.1) is 6.16 Å². The van der Waals surface area contributed by atoms with Crippen molar-refractivity contribution in [2.75, 3.05) is 6.16 Å². The Hall–Kier alpha value is -1.91. The first-order chi connectivity index (χ1) is 17.6. The minimum Gasteiger partial charge on any atom is -0.0654 e. The molecule has 0 radical (unpaired) electrons. The Morgan fingerprint density at radius 1 is 0.389 bits per heavy atom. The van der Waals surface area contributed by atoms with E-state index in [9.17, 15) is 0 Å². The molecule has 3 aromatic carbocycles. The molecule has 0 saturated heterocycles. The number of rotatable bonds is 16. The van der Waals surface area contributed by atoms with Crippen LogP contribution in [0.25, 0.3) is 0 Å². The molecule has 0 amide bonds. The predicted octanol–water partition coefficient (Wildman–Crippen LogP) is 9.61. The first kappa shape index (κ1) is 28.7. The quantitative estimate of drug-likeness (QED) is 0.135. The fourth-order valence-corrected chi connectivity index (χ4v) is 9.76. The highest BCUT2D eigenvalue weighted by Gasteiger charge is 2.44. The van der Waals surface area contributed by atoms with Crippen molar-refractivity contribution in [2.45, 2.75) is 105 Å². The molecule has 0 bridgehead atoms. The summed E-state index contributed by atoms with van der Waals surface area (Å²) in [6.45, 7) is 8.90. The highest BCUT2D eigenvalue weighted by Crippen LogP contribution is 2.56. The van der Waals surface area contributed by atoms with Gasteiger partial charge in [0, 0.05) is 0 Å². The Morgan fingerprint density at radius 2 is 0.667 bits per heavy atom. The van der Waals surface area contributed by atoms with Gasteiger partial charge in [-0.05, 0) is 70.0 Å². The predicted molar refractivity (Wildman–Crippen MR) is 165 cm³/mol. The van der Waals surface area contributed by atoms with Crippen molar-refractivity contribution in [1.82, 2.24) is 0 Å². The molecule has 0 aliphatic carbocycles. The van der Waals surface area contributed by atoms with Gasteiger partial charge in [0.2, 0.25) is 0 Å². The molecule has 194 valence electrons. The third kappa shape index (κ3) is 8.31. The standard InChI is InChI=1S/C35H50P/c1-5-6-7-8-9-10-11-12-13-14-15-16-29-36(33-23-17-30(2)18-24-33,34-25-19-31(3)20-26-34)35-27-21-32(4)22-28-35/h17-28H,5-16,29H2,1-4H3/q+1. The molecule has 0 atom stereocenters. The molecule has 0 spiro atoms. The number of hydrogen-bond acceptors (Lipinski definition) is 0. The zero-order chi connectivity index (χ0) is 25.6. The van der Waals surface area contributed by atoms with Gasteiger partial charge >= 0.3 is 0 Å². The van der Waals surface area contributed by atoms with Crippen molar-refractivity contribution in [2.24, 2.45) is 0 Å². The van der Waals surface area contributed by atoms with Crippen molar-refractivity contribution in [3.8, 4) is 0 Å². The van der Waals surface area contributed by atoms with Crippen LogP contribution in [-0.2, 0) is 0 Å². The SMILES string of the molecule is CCCCCCCCCCCCCC[P+](c1ccc(C)cc1)(c1ccc(C)cc1)c1ccc(C)cc1. The Morgan fingerprint density at radius 3 is 0.972 bits per heavy atom. The molecule has 3 aromatic rings. The van der Waals surface area contributed by atoms with Crippen LogP contribution in [0, 0.1) is 20.8 Å². The van der Waals surface area contributed by atoms with Crippen LogP contribution in [0.15, 0.2) is 72.8 Å². The largest absolute Gasteiger partial charge is 0.112 e. The van der Waals surface area contributed by atoms with Crippen LogP contribution < -0.4 is 15.9 Å². The van der Waals surface area contributed by atoms with Crippen molar-refractivity contribution < 1.29 is 0 Å². The summed E-state index contributed by atoms with van der Waals surface area (Å²) in [7, 11) is -1.69. The molecule has 3 rings (SSSR count). The molecule has 0 aromatic heterocycles. The van der Waals surface area contributed by atoms with Gasteiger partial charge in [0.25, 0.3) is 0 Å². The van der Waals surface area contributed by atoms with Crippen LogP contribution in [0.1, 0.15) is 101 Å². The number of aryl methyl sites for hydroxylation is 3. The Balaban J connectivity index is 1.69. The third-order valence-corrected chi connectivity index (χ3v) is 12.3. The van der Waals surface area contributed by atoms with Gasteiger partial charge in [-0.25, -0.2) is 0 Å². The highest BCUT2D eigenvalue weighted by atomic mass is 31.2. The summed E-state index contributed by atoms with van der Waals surface area (Å²) in [5.41, 5.74) is 4.03. The molecule has 0 unspecified atom stereocenters. The van der Waals surface area contributed by atoms with Gasteiger partial charge < -0.3 is 0 Å². The van der Waals surface area contributed by atoms with Gasteiger partial charge in [-0.15, -0.1) is 0 Å². The maximum absolute atomic E-state index is 2.42. The topological polar surface area (TPSA) is 0 Å². The van der Waals surface area contributed by atoms with Gasteiger partial charge in [0.1, 0.15) is 23.2 Å². The van der Waals surface area contributed by atoms with Crippen LogP contribution in [-0.4, -0.2) is 6.16 Å². The molecule has 0 nitrogen and oxygen atoms in total. The van der Waals surface area contributed by atoms with Gasteiger partial charge in [-0.2, -0.15) is 0 Å². The molecule has 0 aliphatic heterocycles. The summed E-state index contributed by atoms with van der Waals surface area (Å²) in [6, 6.07) is 28.4. The van der Waals surface area contributed by atoms with E-state index in [0.717, 1.165) is 0 Å². The maximum atomic E-state index is 2.42. The average molecular weight is 502 g/mol. The van der Waals surface area contributed by atoms with E-state index in [0.29, 0.717) is 0 Å². The second kappa shape index (κ2) is 15.4. The third-order valence-electron chi connectivity index (χ3n) is 7.77. The summed E-state index contributed by atoms with van der Waals surface area (Å²) in [6.07, 6.45) is 18.1. The van der Waals surface area contributed by atoms with E-state index < -0.39 is 7.26 Å². The van der Waals surface area contributed by atoms with Crippen LogP contribution in [0.2, 0.25) is 0 Å². The Labute approximate surface area is 223 Å². The van der Waals surface area contributed by atoms with Crippen LogP contribution in [0.5, 0.6) is 0 Å². The molecular formula is C35H50P+. The van der Waals surface area contributed by atoms with Gasteiger partial charge in [0.15, 0.2) is 0 Å². The minimum absolute atomic E-state index is 1.26. The summed E-state index contributed by atoms with van der Waals surface area (Å²) >= 11 is 0. The molecule has 0 heterocycles. The zero-order valence-electron chi connectivity index (χ0n) is 23.6. The second-order valence-electron chi connectivity index (χ2n) is 10.9. The smallest absolute Gasteiger partial charge is 0.0654 e. The first-order valence-electron chi connectivity index (χ1n) is 14.7. The first-order valence-corrected chi connectivity index (χ1v) is 16.6. The minimum atomic E-state index is -1.69. The molecular weight excluding hydrogens is 451 g/mol. The van der Waals surface area contributed by atoms with Crippen LogP contribution >= 0.6 is 7.26 Å². The fourth-order valence-electron chi connectivity index (χ4n) is 5.42. The summed E-state index contributed by atoms with van der Waals surface area (Å²) < 4.78 is 0. The highest BCUT2D eigenvalue weighted by molar-refractivity contribution is 7.95.